The lowest BCUT2D eigenvalue weighted by Gasteiger charge is -2.39. The maximum Gasteiger partial charge on any atom is 0.341 e. The zero-order valence-corrected chi connectivity index (χ0v) is 21.5. The Balaban J connectivity index is 1.52. The molecule has 2 saturated heterocycles. The highest BCUT2D eigenvalue weighted by atomic mass is 16.8. The molecule has 11 heteroatoms. The molecule has 1 aromatic rings. The summed E-state index contributed by atoms with van der Waals surface area (Å²) in [6, 6.07) is 4.45. The Labute approximate surface area is 213 Å². The van der Waals surface area contributed by atoms with Crippen LogP contribution in [0.4, 0.5) is 0 Å². The summed E-state index contributed by atoms with van der Waals surface area (Å²) in [7, 11) is 0. The number of rotatable bonds is 5. The van der Waals surface area contributed by atoms with Crippen LogP contribution in [-0.4, -0.2) is 59.4 Å². The first kappa shape index (κ1) is 26.8. The summed E-state index contributed by atoms with van der Waals surface area (Å²) in [5.74, 6) is -4.39. The Kier molecular flexibility index (Phi) is 6.91. The predicted octanol–water partition coefficient (Wildman–Crippen LogP) is 2.82. The van der Waals surface area contributed by atoms with E-state index in [2.05, 4.69) is 0 Å². The molecule has 4 rings (SSSR count). The molecule has 11 nitrogen and oxygen atoms in total. The molecule has 0 unspecified atom stereocenters. The van der Waals surface area contributed by atoms with Gasteiger partial charge in [-0.3, -0.25) is 9.59 Å². The van der Waals surface area contributed by atoms with Crippen LogP contribution in [0.25, 0.3) is 6.08 Å². The molecule has 0 aromatic heterocycles. The number of cyclic esters (lactones) is 1. The van der Waals surface area contributed by atoms with Gasteiger partial charge in [-0.25, -0.2) is 9.59 Å². The van der Waals surface area contributed by atoms with Crippen molar-refractivity contribution in [1.82, 2.24) is 0 Å². The van der Waals surface area contributed by atoms with Crippen molar-refractivity contribution in [2.24, 2.45) is 0 Å². The predicted molar refractivity (Wildman–Crippen MR) is 125 cm³/mol. The van der Waals surface area contributed by atoms with Gasteiger partial charge in [0.15, 0.2) is 22.9 Å². The monoisotopic (exact) mass is 518 g/mol. The van der Waals surface area contributed by atoms with E-state index in [9.17, 15) is 19.2 Å². The van der Waals surface area contributed by atoms with Gasteiger partial charge in [0.1, 0.15) is 12.2 Å². The van der Waals surface area contributed by atoms with Gasteiger partial charge in [-0.15, -0.1) is 0 Å². The van der Waals surface area contributed by atoms with Crippen molar-refractivity contribution in [3.05, 3.63) is 29.8 Å². The van der Waals surface area contributed by atoms with Crippen LogP contribution >= 0.6 is 0 Å². The van der Waals surface area contributed by atoms with Crippen molar-refractivity contribution < 1.29 is 52.3 Å². The third-order valence-corrected chi connectivity index (χ3v) is 5.96. The fourth-order valence-electron chi connectivity index (χ4n) is 4.85. The molecule has 0 radical (unpaired) electrons. The summed E-state index contributed by atoms with van der Waals surface area (Å²) >= 11 is 0. The number of hydrogen-bond acceptors (Lipinski definition) is 11. The van der Waals surface area contributed by atoms with Crippen molar-refractivity contribution in [2.75, 3.05) is 0 Å². The summed E-state index contributed by atoms with van der Waals surface area (Å²) < 4.78 is 39.2. The van der Waals surface area contributed by atoms with E-state index in [0.29, 0.717) is 5.56 Å². The van der Waals surface area contributed by atoms with Crippen LogP contribution in [0.3, 0.4) is 0 Å². The Bertz CT molecular complexity index is 1150. The average molecular weight is 519 g/mol. The molecule has 4 atom stereocenters. The molecule has 37 heavy (non-hydrogen) atoms. The first-order valence-electron chi connectivity index (χ1n) is 11.9. The number of benzene rings is 1. The van der Waals surface area contributed by atoms with Gasteiger partial charge in [-0.1, -0.05) is 6.07 Å². The van der Waals surface area contributed by atoms with Crippen LogP contribution in [0.15, 0.2) is 24.3 Å². The van der Waals surface area contributed by atoms with Crippen LogP contribution in [0.5, 0.6) is 11.5 Å². The zero-order valence-electron chi connectivity index (χ0n) is 21.5. The highest BCUT2D eigenvalue weighted by Crippen LogP contribution is 2.48. The average Bonchev–Trinajstić information content (AvgIpc) is 3.17. The third-order valence-electron chi connectivity index (χ3n) is 5.96. The molecule has 3 fully saturated rings. The summed E-state index contributed by atoms with van der Waals surface area (Å²) in [4.78, 5) is 48.4. The zero-order chi connectivity index (χ0) is 27.2. The van der Waals surface area contributed by atoms with Crippen LogP contribution in [0.1, 0.15) is 59.9 Å². The summed E-state index contributed by atoms with van der Waals surface area (Å²) in [5.41, 5.74) is -0.845. The minimum absolute atomic E-state index is 0.0218. The topological polar surface area (TPSA) is 133 Å². The molecule has 0 bridgehead atoms. The SMILES string of the molecule is CC(=O)Oc1ccc(/C=C/C(=O)O[C@@H]2C[C@]3(C[C@H]4OC(C)(C)O[C@@H]24)OC(C)(C)OC3=O)cc1OC(C)=O. The van der Waals surface area contributed by atoms with E-state index < -0.39 is 59.4 Å². The van der Waals surface area contributed by atoms with Crippen LogP contribution in [0.2, 0.25) is 0 Å². The maximum atomic E-state index is 12.8. The lowest BCUT2D eigenvalue weighted by molar-refractivity contribution is -0.195. The van der Waals surface area contributed by atoms with E-state index in [-0.39, 0.29) is 24.3 Å². The minimum atomic E-state index is -1.32. The third kappa shape index (κ3) is 6.00. The molecule has 1 aromatic carbocycles. The van der Waals surface area contributed by atoms with Crippen LogP contribution in [-0.2, 0) is 42.9 Å². The quantitative estimate of drug-likeness (QED) is 0.324. The normalized spacial score (nSPS) is 29.6. The largest absolute Gasteiger partial charge is 0.456 e. The maximum absolute atomic E-state index is 12.8. The van der Waals surface area contributed by atoms with Gasteiger partial charge < -0.3 is 33.2 Å². The highest BCUT2D eigenvalue weighted by molar-refractivity contribution is 5.88. The van der Waals surface area contributed by atoms with Gasteiger partial charge in [0.25, 0.3) is 0 Å². The molecule has 2 heterocycles. The fraction of sp³-hybridized carbons (Fsp3) is 0.538. The summed E-state index contributed by atoms with van der Waals surface area (Å²) in [6.07, 6.45) is 0.894. The number of hydrogen-bond donors (Lipinski definition) is 0. The first-order chi connectivity index (χ1) is 17.2. The minimum Gasteiger partial charge on any atom is -0.456 e. The molecular formula is C26H30O11. The molecule has 0 N–H and O–H groups in total. The molecule has 2 aliphatic heterocycles. The van der Waals surface area contributed by atoms with Gasteiger partial charge in [-0.05, 0) is 37.6 Å². The second kappa shape index (κ2) is 9.55. The molecule has 1 aliphatic carbocycles. The molecule has 1 spiro atoms. The lowest BCUT2D eigenvalue weighted by atomic mass is 9.79. The molecular weight excluding hydrogens is 488 g/mol. The summed E-state index contributed by atoms with van der Waals surface area (Å²) in [5, 5.41) is 0. The molecule has 1 saturated carbocycles. The second-order valence-electron chi connectivity index (χ2n) is 10.1. The lowest BCUT2D eigenvalue weighted by Crippen LogP contribution is -2.55. The molecule has 200 valence electrons. The standard InChI is InChI=1S/C26H30O11/c1-14(27)31-17-9-7-16(11-18(17)32-15(2)28)8-10-21(29)33-19-12-26(23(30)36-25(5,6)37-26)13-20-22(19)35-24(3,4)34-20/h7-11,19-20,22H,12-13H2,1-6H3/b10-8+/t19-,20-,22+,26-/m1/s1. The molecule has 0 amide bonds. The highest BCUT2D eigenvalue weighted by Gasteiger charge is 2.64. The number of carbonyl (C=O) groups is 4. The van der Waals surface area contributed by atoms with Gasteiger partial charge in [0.2, 0.25) is 5.79 Å². The second-order valence-corrected chi connectivity index (χ2v) is 10.1. The van der Waals surface area contributed by atoms with Crippen molar-refractivity contribution in [3.63, 3.8) is 0 Å². The van der Waals surface area contributed by atoms with E-state index in [4.69, 9.17) is 33.2 Å². The van der Waals surface area contributed by atoms with E-state index in [1.807, 2.05) is 0 Å². The van der Waals surface area contributed by atoms with Crippen molar-refractivity contribution in [1.29, 1.82) is 0 Å². The number of ether oxygens (including phenoxy) is 7. The van der Waals surface area contributed by atoms with Gasteiger partial charge in [0.05, 0.1) is 6.10 Å². The Morgan fingerprint density at radius 2 is 1.62 bits per heavy atom. The Morgan fingerprint density at radius 1 is 0.946 bits per heavy atom. The fourth-order valence-corrected chi connectivity index (χ4v) is 4.85. The Hall–Kier alpha value is -3.28. The Morgan fingerprint density at radius 3 is 2.24 bits per heavy atom. The number of esters is 4. The van der Waals surface area contributed by atoms with Crippen molar-refractivity contribution >= 4 is 30.0 Å². The number of carbonyl (C=O) groups excluding carboxylic acids is 4. The number of fused-ring (bicyclic) bond motifs is 1. The smallest absolute Gasteiger partial charge is 0.341 e. The van der Waals surface area contributed by atoms with Gasteiger partial charge in [-0.2, -0.15) is 0 Å². The van der Waals surface area contributed by atoms with E-state index >= 15 is 0 Å². The van der Waals surface area contributed by atoms with Crippen molar-refractivity contribution in [2.45, 2.75) is 89.9 Å². The van der Waals surface area contributed by atoms with Gasteiger partial charge in [0, 0.05) is 46.6 Å². The van der Waals surface area contributed by atoms with E-state index in [1.165, 1.54) is 38.1 Å². The van der Waals surface area contributed by atoms with Crippen molar-refractivity contribution in [3.8, 4) is 11.5 Å². The summed E-state index contributed by atoms with van der Waals surface area (Å²) in [6.45, 7) is 9.20. The van der Waals surface area contributed by atoms with Gasteiger partial charge >= 0.3 is 23.9 Å². The van der Waals surface area contributed by atoms with Crippen LogP contribution in [0, 0.1) is 0 Å². The van der Waals surface area contributed by atoms with E-state index in [1.54, 1.807) is 33.8 Å². The van der Waals surface area contributed by atoms with Crippen LogP contribution < -0.4 is 9.47 Å². The van der Waals surface area contributed by atoms with E-state index in [0.717, 1.165) is 0 Å². The first-order valence-corrected chi connectivity index (χ1v) is 11.9. The molecule has 3 aliphatic rings.